The van der Waals surface area contributed by atoms with Gasteiger partial charge in [0.25, 0.3) is 0 Å². The van der Waals surface area contributed by atoms with Gasteiger partial charge in [-0.05, 0) is 20.8 Å². The minimum Gasteiger partial charge on any atom is -0.462 e. The Bertz CT molecular complexity index is 465. The average Bonchev–Trinajstić information content (AvgIpc) is 2.36. The summed E-state index contributed by atoms with van der Waals surface area (Å²) in [7, 11) is 0. The molecule has 6 nitrogen and oxygen atoms in total. The maximum absolute atomic E-state index is 11.7. The average molecular weight is 310 g/mol. The van der Waals surface area contributed by atoms with E-state index >= 15 is 0 Å². The zero-order chi connectivity index (χ0) is 16.5. The van der Waals surface area contributed by atoms with Crippen molar-refractivity contribution >= 4 is 17.9 Å². The third-order valence-corrected chi connectivity index (χ3v) is 2.87. The molecule has 0 spiro atoms. The molecule has 1 aliphatic heterocycles. The van der Waals surface area contributed by atoms with E-state index in [2.05, 4.69) is 0 Å². The Balaban J connectivity index is 2.73. The number of esters is 3. The van der Waals surface area contributed by atoms with E-state index in [1.807, 2.05) is 0 Å². The second-order valence-electron chi connectivity index (χ2n) is 5.28. The molecule has 1 aliphatic rings. The van der Waals surface area contributed by atoms with E-state index < -0.39 is 24.0 Å². The molecule has 0 saturated carbocycles. The van der Waals surface area contributed by atoms with Gasteiger partial charge in [-0.2, -0.15) is 0 Å². The normalized spacial score (nSPS) is 28.7. The summed E-state index contributed by atoms with van der Waals surface area (Å²) in [5, 5.41) is 0. The van der Waals surface area contributed by atoms with Gasteiger partial charge in [-0.3, -0.25) is 4.79 Å². The van der Waals surface area contributed by atoms with Gasteiger partial charge in [-0.1, -0.05) is 12.2 Å². The van der Waals surface area contributed by atoms with Crippen LogP contribution in [0.2, 0.25) is 0 Å². The van der Waals surface area contributed by atoms with Crippen LogP contribution in [0.1, 0.15) is 40.0 Å². The third kappa shape index (κ3) is 7.61. The van der Waals surface area contributed by atoms with Crippen LogP contribution in [0.4, 0.5) is 0 Å². The summed E-state index contributed by atoms with van der Waals surface area (Å²) >= 11 is 0. The van der Waals surface area contributed by atoms with Gasteiger partial charge >= 0.3 is 17.9 Å². The van der Waals surface area contributed by atoms with Crippen LogP contribution in [0.15, 0.2) is 24.3 Å². The molecule has 0 aromatic heterocycles. The monoisotopic (exact) mass is 310 g/mol. The van der Waals surface area contributed by atoms with Gasteiger partial charge in [-0.15, -0.1) is 0 Å². The van der Waals surface area contributed by atoms with Gasteiger partial charge in [0.2, 0.25) is 0 Å². The molecule has 0 radical (unpaired) electrons. The van der Waals surface area contributed by atoms with Gasteiger partial charge < -0.3 is 14.2 Å². The summed E-state index contributed by atoms with van der Waals surface area (Å²) in [6.45, 7) is 5.08. The van der Waals surface area contributed by atoms with E-state index in [1.165, 1.54) is 12.2 Å². The summed E-state index contributed by atoms with van der Waals surface area (Å²) in [5.74, 6) is -1.46. The van der Waals surface area contributed by atoms with Crippen LogP contribution in [0.3, 0.4) is 0 Å². The van der Waals surface area contributed by atoms with Gasteiger partial charge in [0.05, 0.1) is 6.42 Å². The van der Waals surface area contributed by atoms with Gasteiger partial charge in [0.1, 0.15) is 18.3 Å². The molecule has 6 heteroatoms. The van der Waals surface area contributed by atoms with Crippen LogP contribution >= 0.6 is 0 Å². The minimum atomic E-state index is -0.560. The fraction of sp³-hybridized carbons (Fsp3) is 0.562. The Labute approximate surface area is 130 Å². The van der Waals surface area contributed by atoms with E-state index in [0.29, 0.717) is 12.8 Å². The zero-order valence-corrected chi connectivity index (χ0v) is 13.1. The van der Waals surface area contributed by atoms with Gasteiger partial charge in [0, 0.05) is 25.0 Å². The van der Waals surface area contributed by atoms with E-state index in [0.717, 1.165) is 0 Å². The number of hydrogen-bond donors (Lipinski definition) is 0. The molecule has 1 rings (SSSR count). The molecule has 0 bridgehead atoms. The van der Waals surface area contributed by atoms with Crippen LogP contribution < -0.4 is 0 Å². The molecule has 3 unspecified atom stereocenters. The molecule has 1 heterocycles. The molecule has 0 amide bonds. The van der Waals surface area contributed by atoms with Gasteiger partial charge in [0.15, 0.2) is 0 Å². The summed E-state index contributed by atoms with van der Waals surface area (Å²) in [4.78, 5) is 34.7. The standard InChI is InChI=1S/C16H22O6/c1-11-6-4-9-15(18)22-13(3)10-16(19)21-12(2)7-5-8-14(17)20-11/h4-5,8-9,11-13H,6-7,10H2,1-3H3. The lowest BCUT2D eigenvalue weighted by Crippen LogP contribution is -2.22. The Morgan fingerprint density at radius 1 is 0.773 bits per heavy atom. The smallest absolute Gasteiger partial charge is 0.330 e. The molecule has 0 aromatic carbocycles. The molecular formula is C16H22O6. The highest BCUT2D eigenvalue weighted by atomic mass is 16.6. The van der Waals surface area contributed by atoms with Crippen LogP contribution in [0, 0.1) is 0 Å². The van der Waals surface area contributed by atoms with Crippen LogP contribution in [0.5, 0.6) is 0 Å². The summed E-state index contributed by atoms with van der Waals surface area (Å²) < 4.78 is 15.4. The Kier molecular flexibility index (Phi) is 7.36. The molecule has 0 saturated heterocycles. The highest BCUT2D eigenvalue weighted by Crippen LogP contribution is 2.07. The molecule has 0 aromatic rings. The van der Waals surface area contributed by atoms with Crippen LogP contribution in [-0.4, -0.2) is 36.2 Å². The summed E-state index contributed by atoms with van der Waals surface area (Å²) in [6, 6.07) is 0. The maximum atomic E-state index is 11.7. The molecule has 3 atom stereocenters. The predicted octanol–water partition coefficient (Wildman–Crippen LogP) is 2.08. The second kappa shape index (κ2) is 9.02. The van der Waals surface area contributed by atoms with Crippen molar-refractivity contribution in [2.45, 2.75) is 58.3 Å². The number of hydrogen-bond acceptors (Lipinski definition) is 6. The van der Waals surface area contributed by atoms with Crippen molar-refractivity contribution in [3.05, 3.63) is 24.3 Å². The fourth-order valence-electron chi connectivity index (χ4n) is 1.83. The number of ether oxygens (including phenoxy) is 3. The Morgan fingerprint density at radius 3 is 1.77 bits per heavy atom. The maximum Gasteiger partial charge on any atom is 0.330 e. The summed E-state index contributed by atoms with van der Waals surface area (Å²) in [6.07, 6.45) is 5.28. The quantitative estimate of drug-likeness (QED) is 0.503. The van der Waals surface area contributed by atoms with E-state index in [1.54, 1.807) is 32.9 Å². The number of carbonyl (C=O) groups is 3. The van der Waals surface area contributed by atoms with Crippen molar-refractivity contribution in [3.8, 4) is 0 Å². The topological polar surface area (TPSA) is 78.9 Å². The lowest BCUT2D eigenvalue weighted by molar-refractivity contribution is -0.154. The van der Waals surface area contributed by atoms with Crippen LogP contribution in [0.25, 0.3) is 0 Å². The van der Waals surface area contributed by atoms with Crippen molar-refractivity contribution in [3.63, 3.8) is 0 Å². The van der Waals surface area contributed by atoms with E-state index in [4.69, 9.17) is 14.2 Å². The van der Waals surface area contributed by atoms with Crippen molar-refractivity contribution in [1.29, 1.82) is 0 Å². The molecule has 22 heavy (non-hydrogen) atoms. The SMILES string of the molecule is CC1CC=CC(=O)OC(C)CC(=O)OC(C)CC=CC(=O)O1. The molecule has 0 N–H and O–H groups in total. The zero-order valence-electron chi connectivity index (χ0n) is 13.1. The molecule has 0 fully saturated rings. The first kappa shape index (κ1) is 17.9. The van der Waals surface area contributed by atoms with Crippen molar-refractivity contribution in [2.75, 3.05) is 0 Å². The molecule has 122 valence electrons. The number of carbonyl (C=O) groups excluding carboxylic acids is 3. The van der Waals surface area contributed by atoms with Crippen molar-refractivity contribution in [1.82, 2.24) is 0 Å². The third-order valence-electron chi connectivity index (χ3n) is 2.87. The van der Waals surface area contributed by atoms with E-state index in [9.17, 15) is 14.4 Å². The largest absolute Gasteiger partial charge is 0.462 e. The fourth-order valence-corrected chi connectivity index (χ4v) is 1.83. The lowest BCUT2D eigenvalue weighted by atomic mass is 10.2. The van der Waals surface area contributed by atoms with Gasteiger partial charge in [-0.25, -0.2) is 9.59 Å². The first-order chi connectivity index (χ1) is 10.4. The van der Waals surface area contributed by atoms with Crippen molar-refractivity contribution in [2.24, 2.45) is 0 Å². The molecule has 0 aliphatic carbocycles. The Hall–Kier alpha value is -2.11. The van der Waals surface area contributed by atoms with E-state index in [-0.39, 0.29) is 18.6 Å². The number of cyclic esters (lactones) is 3. The minimum absolute atomic E-state index is 0.00786. The predicted molar refractivity (Wildman–Crippen MR) is 78.8 cm³/mol. The summed E-state index contributed by atoms with van der Waals surface area (Å²) in [5.41, 5.74) is 0. The van der Waals surface area contributed by atoms with Crippen molar-refractivity contribution < 1.29 is 28.6 Å². The Morgan fingerprint density at radius 2 is 1.23 bits per heavy atom. The van der Waals surface area contributed by atoms with Crippen LogP contribution in [-0.2, 0) is 28.6 Å². The first-order valence-electron chi connectivity index (χ1n) is 7.30. The second-order valence-corrected chi connectivity index (χ2v) is 5.28. The number of rotatable bonds is 0. The highest BCUT2D eigenvalue weighted by molar-refractivity contribution is 5.83. The lowest BCUT2D eigenvalue weighted by Gasteiger charge is -2.15. The molecular weight excluding hydrogens is 288 g/mol. The first-order valence-corrected chi connectivity index (χ1v) is 7.30. The highest BCUT2D eigenvalue weighted by Gasteiger charge is 2.16.